The topological polar surface area (TPSA) is 99.0 Å². The number of hydrogen-bond donors (Lipinski definition) is 4. The Balaban J connectivity index is 2.92. The fourth-order valence-corrected chi connectivity index (χ4v) is 2.01. The SMILES string of the molecule is COc1ccc(C(O)C(CC(=O)O)NC(C)(C)CO)cc1. The summed E-state index contributed by atoms with van der Waals surface area (Å²) in [5, 5.41) is 31.7. The lowest BCUT2D eigenvalue weighted by Gasteiger charge is -2.32. The molecule has 21 heavy (non-hydrogen) atoms. The van der Waals surface area contributed by atoms with Crippen molar-refractivity contribution in [1.82, 2.24) is 5.32 Å². The number of aliphatic carboxylic acids is 1. The summed E-state index contributed by atoms with van der Waals surface area (Å²) in [5.41, 5.74) is -0.101. The third-order valence-electron chi connectivity index (χ3n) is 3.20. The summed E-state index contributed by atoms with van der Waals surface area (Å²) < 4.78 is 5.05. The molecule has 118 valence electrons. The minimum absolute atomic E-state index is 0.168. The van der Waals surface area contributed by atoms with Crippen molar-refractivity contribution in [3.05, 3.63) is 29.8 Å². The van der Waals surface area contributed by atoms with Gasteiger partial charge in [0.2, 0.25) is 0 Å². The number of hydrogen-bond acceptors (Lipinski definition) is 5. The Labute approximate surface area is 124 Å². The van der Waals surface area contributed by atoms with Crippen LogP contribution in [0.25, 0.3) is 0 Å². The largest absolute Gasteiger partial charge is 0.497 e. The average Bonchev–Trinajstić information content (AvgIpc) is 2.45. The Morgan fingerprint density at radius 1 is 1.33 bits per heavy atom. The van der Waals surface area contributed by atoms with E-state index in [0.717, 1.165) is 0 Å². The predicted molar refractivity (Wildman–Crippen MR) is 78.3 cm³/mol. The molecule has 0 fully saturated rings. The van der Waals surface area contributed by atoms with E-state index in [1.54, 1.807) is 45.2 Å². The molecule has 0 aliphatic rings. The average molecular weight is 297 g/mol. The lowest BCUT2D eigenvalue weighted by Crippen LogP contribution is -2.51. The van der Waals surface area contributed by atoms with Gasteiger partial charge in [-0.25, -0.2) is 0 Å². The summed E-state index contributed by atoms with van der Waals surface area (Å²) in [7, 11) is 1.55. The molecule has 6 heteroatoms. The Kier molecular flexibility index (Phi) is 6.14. The molecule has 0 aliphatic carbocycles. The van der Waals surface area contributed by atoms with Crippen LogP contribution in [0.2, 0.25) is 0 Å². The Morgan fingerprint density at radius 2 is 1.90 bits per heavy atom. The summed E-state index contributed by atoms with van der Waals surface area (Å²) in [6.07, 6.45) is -1.26. The van der Waals surface area contributed by atoms with E-state index in [1.807, 2.05) is 0 Å². The molecule has 1 aromatic rings. The highest BCUT2D eigenvalue weighted by Gasteiger charge is 2.29. The molecule has 6 nitrogen and oxygen atoms in total. The van der Waals surface area contributed by atoms with E-state index in [4.69, 9.17) is 9.84 Å². The summed E-state index contributed by atoms with van der Waals surface area (Å²) in [6, 6.07) is 6.07. The number of aliphatic hydroxyl groups excluding tert-OH is 2. The number of ether oxygens (including phenoxy) is 1. The van der Waals surface area contributed by atoms with Crippen LogP contribution >= 0.6 is 0 Å². The van der Waals surface area contributed by atoms with E-state index in [1.165, 1.54) is 0 Å². The fourth-order valence-electron chi connectivity index (χ4n) is 2.01. The van der Waals surface area contributed by atoms with E-state index in [-0.39, 0.29) is 13.0 Å². The quantitative estimate of drug-likeness (QED) is 0.570. The smallest absolute Gasteiger partial charge is 0.305 e. The van der Waals surface area contributed by atoms with Crippen molar-refractivity contribution in [2.75, 3.05) is 13.7 Å². The van der Waals surface area contributed by atoms with Crippen molar-refractivity contribution >= 4 is 5.97 Å². The van der Waals surface area contributed by atoms with Gasteiger partial charge in [0.05, 0.1) is 26.2 Å². The van der Waals surface area contributed by atoms with Gasteiger partial charge in [-0.1, -0.05) is 12.1 Å². The monoisotopic (exact) mass is 297 g/mol. The van der Waals surface area contributed by atoms with Gasteiger partial charge in [0.25, 0.3) is 0 Å². The van der Waals surface area contributed by atoms with Crippen LogP contribution in [-0.4, -0.2) is 46.6 Å². The van der Waals surface area contributed by atoms with Crippen LogP contribution in [0, 0.1) is 0 Å². The van der Waals surface area contributed by atoms with Crippen LogP contribution < -0.4 is 10.1 Å². The summed E-state index contributed by atoms with van der Waals surface area (Å²) in [5.74, 6) is -0.363. The van der Waals surface area contributed by atoms with Crippen LogP contribution in [0.5, 0.6) is 5.75 Å². The second-order valence-corrected chi connectivity index (χ2v) is 5.61. The van der Waals surface area contributed by atoms with Gasteiger partial charge >= 0.3 is 5.97 Å². The summed E-state index contributed by atoms with van der Waals surface area (Å²) >= 11 is 0. The van der Waals surface area contributed by atoms with Crippen molar-refractivity contribution < 1.29 is 24.9 Å². The zero-order valence-electron chi connectivity index (χ0n) is 12.5. The number of aliphatic hydroxyl groups is 2. The maximum Gasteiger partial charge on any atom is 0.305 e. The Hall–Kier alpha value is -1.63. The molecule has 0 heterocycles. The number of carbonyl (C=O) groups is 1. The van der Waals surface area contributed by atoms with Crippen LogP contribution in [0.3, 0.4) is 0 Å². The van der Waals surface area contributed by atoms with E-state index in [0.29, 0.717) is 11.3 Å². The molecule has 0 amide bonds. The molecule has 0 aromatic heterocycles. The molecule has 0 saturated carbocycles. The van der Waals surface area contributed by atoms with E-state index in [9.17, 15) is 15.0 Å². The summed E-state index contributed by atoms with van der Waals surface area (Å²) in [6.45, 7) is 3.31. The minimum atomic E-state index is -1.02. The molecule has 0 aliphatic heterocycles. The van der Waals surface area contributed by atoms with Crippen molar-refractivity contribution in [2.24, 2.45) is 0 Å². The predicted octanol–water partition coefficient (Wildman–Crippen LogP) is 0.932. The van der Waals surface area contributed by atoms with Gasteiger partial charge in [0, 0.05) is 11.6 Å². The van der Waals surface area contributed by atoms with Crippen LogP contribution in [0.4, 0.5) is 0 Å². The third kappa shape index (κ3) is 5.34. The van der Waals surface area contributed by atoms with Gasteiger partial charge < -0.3 is 25.4 Å². The van der Waals surface area contributed by atoms with Crippen LogP contribution in [0.15, 0.2) is 24.3 Å². The molecule has 1 rings (SSSR count). The van der Waals surface area contributed by atoms with E-state index in [2.05, 4.69) is 5.32 Å². The molecule has 2 atom stereocenters. The maximum atomic E-state index is 11.0. The number of rotatable bonds is 8. The molecule has 0 bridgehead atoms. The first kappa shape index (κ1) is 17.4. The number of benzene rings is 1. The third-order valence-corrected chi connectivity index (χ3v) is 3.20. The first-order chi connectivity index (χ1) is 9.79. The van der Waals surface area contributed by atoms with Crippen molar-refractivity contribution in [3.8, 4) is 5.75 Å². The first-order valence-electron chi connectivity index (χ1n) is 6.71. The second-order valence-electron chi connectivity index (χ2n) is 5.61. The Morgan fingerprint density at radius 3 is 2.33 bits per heavy atom. The minimum Gasteiger partial charge on any atom is -0.497 e. The maximum absolute atomic E-state index is 11.0. The summed E-state index contributed by atoms with van der Waals surface area (Å²) in [4.78, 5) is 11.0. The zero-order valence-corrected chi connectivity index (χ0v) is 12.5. The molecule has 0 radical (unpaired) electrons. The number of carboxylic acid groups (broad SMARTS) is 1. The molecular formula is C15H23NO5. The van der Waals surface area contributed by atoms with Crippen LogP contribution in [0.1, 0.15) is 31.9 Å². The van der Waals surface area contributed by atoms with Crippen LogP contribution in [-0.2, 0) is 4.79 Å². The van der Waals surface area contributed by atoms with Crippen molar-refractivity contribution in [3.63, 3.8) is 0 Å². The first-order valence-corrected chi connectivity index (χ1v) is 6.71. The van der Waals surface area contributed by atoms with Gasteiger partial charge in [-0.05, 0) is 31.5 Å². The zero-order chi connectivity index (χ0) is 16.0. The van der Waals surface area contributed by atoms with Gasteiger partial charge in [-0.2, -0.15) is 0 Å². The highest BCUT2D eigenvalue weighted by Crippen LogP contribution is 2.23. The molecular weight excluding hydrogens is 274 g/mol. The fraction of sp³-hybridized carbons (Fsp3) is 0.533. The highest BCUT2D eigenvalue weighted by molar-refractivity contribution is 5.67. The van der Waals surface area contributed by atoms with E-state index >= 15 is 0 Å². The standard InChI is InChI=1S/C15H23NO5/c1-15(2,9-17)16-12(8-13(18)19)14(20)10-4-6-11(21-3)7-5-10/h4-7,12,14,16-17,20H,8-9H2,1-3H3,(H,18,19). The molecule has 4 N–H and O–H groups in total. The Bertz CT molecular complexity index is 458. The normalized spacial score (nSPS) is 14.5. The van der Waals surface area contributed by atoms with Gasteiger partial charge in [0.15, 0.2) is 0 Å². The molecule has 1 aromatic carbocycles. The molecule has 0 spiro atoms. The molecule has 2 unspecified atom stereocenters. The van der Waals surface area contributed by atoms with Gasteiger partial charge in [0.1, 0.15) is 5.75 Å². The van der Waals surface area contributed by atoms with Gasteiger partial charge in [-0.3, -0.25) is 4.79 Å². The number of nitrogens with one attached hydrogen (secondary N) is 1. The highest BCUT2D eigenvalue weighted by atomic mass is 16.5. The lowest BCUT2D eigenvalue weighted by molar-refractivity contribution is -0.138. The number of carboxylic acids is 1. The lowest BCUT2D eigenvalue weighted by atomic mass is 9.96. The number of methoxy groups -OCH3 is 1. The van der Waals surface area contributed by atoms with Crippen molar-refractivity contribution in [1.29, 1.82) is 0 Å². The molecule has 0 saturated heterocycles. The second kappa shape index (κ2) is 7.40. The van der Waals surface area contributed by atoms with Gasteiger partial charge in [-0.15, -0.1) is 0 Å². The van der Waals surface area contributed by atoms with E-state index < -0.39 is 23.7 Å². The van der Waals surface area contributed by atoms with Crippen molar-refractivity contribution in [2.45, 2.75) is 38.0 Å².